The van der Waals surface area contributed by atoms with Crippen LogP contribution in [-0.4, -0.2) is 56.5 Å². The summed E-state index contributed by atoms with van der Waals surface area (Å²) in [5.74, 6) is 1.34. The molecule has 0 atom stereocenters. The Kier molecular flexibility index (Phi) is 10.7. The van der Waals surface area contributed by atoms with Gasteiger partial charge in [0.05, 0.1) is 22.9 Å². The summed E-state index contributed by atoms with van der Waals surface area (Å²) in [7, 11) is -3.57. The summed E-state index contributed by atoms with van der Waals surface area (Å²) < 4.78 is 58.8. The van der Waals surface area contributed by atoms with Gasteiger partial charge in [-0.05, 0) is 13.8 Å². The SMILES string of the molecule is C=CCS(=O)(=O)O.C=CCS(=O)(=O)O.Cc1nc(Cc2cn(C)c(C)n2)cn1C. The zero-order chi connectivity index (χ0) is 22.8. The van der Waals surface area contributed by atoms with Gasteiger partial charge in [0.2, 0.25) is 0 Å². The molecule has 0 bridgehead atoms. The average molecular weight is 449 g/mol. The van der Waals surface area contributed by atoms with Crippen molar-refractivity contribution in [2.45, 2.75) is 20.3 Å². The van der Waals surface area contributed by atoms with Crippen molar-refractivity contribution >= 4 is 20.2 Å². The van der Waals surface area contributed by atoms with Gasteiger partial charge in [-0.1, -0.05) is 12.2 Å². The van der Waals surface area contributed by atoms with Crippen LogP contribution >= 0.6 is 0 Å². The molecule has 12 heteroatoms. The highest BCUT2D eigenvalue weighted by atomic mass is 32.2. The van der Waals surface area contributed by atoms with Crippen LogP contribution < -0.4 is 0 Å². The Balaban J connectivity index is 0.000000473. The van der Waals surface area contributed by atoms with Crippen LogP contribution in [0.1, 0.15) is 23.0 Å². The van der Waals surface area contributed by atoms with Gasteiger partial charge in [0.1, 0.15) is 11.6 Å². The first-order valence-corrected chi connectivity index (χ1v) is 11.5. The number of hydrogen-bond acceptors (Lipinski definition) is 6. The van der Waals surface area contributed by atoms with E-state index in [4.69, 9.17) is 9.11 Å². The number of nitrogens with zero attached hydrogens (tertiary/aromatic N) is 4. The van der Waals surface area contributed by atoms with E-state index in [1.54, 1.807) is 0 Å². The highest BCUT2D eigenvalue weighted by Crippen LogP contribution is 2.08. The first kappa shape index (κ1) is 26.7. The fourth-order valence-corrected chi connectivity index (χ4v) is 2.51. The third-order valence-corrected chi connectivity index (χ3v) is 4.65. The number of imidazole rings is 2. The summed E-state index contributed by atoms with van der Waals surface area (Å²) >= 11 is 0. The van der Waals surface area contributed by atoms with Crippen molar-refractivity contribution < 1.29 is 25.9 Å². The van der Waals surface area contributed by atoms with Crippen molar-refractivity contribution in [3.63, 3.8) is 0 Å². The fourth-order valence-electron chi connectivity index (χ4n) is 1.92. The zero-order valence-electron chi connectivity index (χ0n) is 17.0. The van der Waals surface area contributed by atoms with Crippen LogP contribution in [0.5, 0.6) is 0 Å². The van der Waals surface area contributed by atoms with Gasteiger partial charge >= 0.3 is 0 Å². The quantitative estimate of drug-likeness (QED) is 0.499. The molecule has 0 radical (unpaired) electrons. The van der Waals surface area contributed by atoms with Gasteiger partial charge in [0.25, 0.3) is 20.2 Å². The maximum atomic E-state index is 9.72. The Hall–Kier alpha value is -2.28. The number of aryl methyl sites for hydroxylation is 4. The summed E-state index contributed by atoms with van der Waals surface area (Å²) in [6.45, 7) is 10.2. The predicted molar refractivity (Wildman–Crippen MR) is 112 cm³/mol. The van der Waals surface area contributed by atoms with Gasteiger partial charge in [-0.2, -0.15) is 16.8 Å². The minimum Gasteiger partial charge on any atom is -0.338 e. The van der Waals surface area contributed by atoms with Gasteiger partial charge < -0.3 is 9.13 Å². The van der Waals surface area contributed by atoms with E-state index in [0.29, 0.717) is 0 Å². The summed E-state index contributed by atoms with van der Waals surface area (Å²) in [4.78, 5) is 8.92. The molecule has 0 saturated carbocycles. The molecule has 2 aromatic rings. The molecular weight excluding hydrogens is 420 g/mol. The Morgan fingerprint density at radius 3 is 1.31 bits per heavy atom. The second-order valence-corrected chi connectivity index (χ2v) is 9.03. The normalized spacial score (nSPS) is 11.0. The van der Waals surface area contributed by atoms with E-state index in [1.807, 2.05) is 37.1 Å². The highest BCUT2D eigenvalue weighted by molar-refractivity contribution is 7.86. The summed E-state index contributed by atoms with van der Waals surface area (Å²) in [6.07, 6.45) is 7.16. The summed E-state index contributed by atoms with van der Waals surface area (Å²) in [5.41, 5.74) is 2.15. The van der Waals surface area contributed by atoms with Crippen LogP contribution in [0.4, 0.5) is 0 Å². The number of hydrogen-bond donors (Lipinski definition) is 2. The molecule has 2 N–H and O–H groups in total. The molecule has 0 aromatic carbocycles. The average Bonchev–Trinajstić information content (AvgIpc) is 3.00. The lowest BCUT2D eigenvalue weighted by Gasteiger charge is -1.89. The van der Waals surface area contributed by atoms with Crippen LogP contribution in [0.25, 0.3) is 0 Å². The first-order valence-electron chi connectivity index (χ1n) is 8.28. The smallest absolute Gasteiger partial charge is 0.268 e. The van der Waals surface area contributed by atoms with Crippen LogP contribution in [0.3, 0.4) is 0 Å². The Morgan fingerprint density at radius 2 is 1.17 bits per heavy atom. The molecule has 2 heterocycles. The Bertz CT molecular complexity index is 899. The summed E-state index contributed by atoms with van der Waals surface area (Å²) in [6, 6.07) is 0. The van der Waals surface area contributed by atoms with E-state index in [9.17, 15) is 16.8 Å². The minimum absolute atomic E-state index is 0.368. The molecular formula is C17H28N4O6S2. The third-order valence-electron chi connectivity index (χ3n) is 3.34. The molecule has 0 spiro atoms. The van der Waals surface area contributed by atoms with Gasteiger partial charge in [-0.15, -0.1) is 13.2 Å². The van der Waals surface area contributed by atoms with E-state index >= 15 is 0 Å². The second kappa shape index (κ2) is 11.7. The van der Waals surface area contributed by atoms with Crippen LogP contribution in [0.15, 0.2) is 37.7 Å². The first-order chi connectivity index (χ1) is 13.2. The van der Waals surface area contributed by atoms with Gasteiger partial charge in [-0.3, -0.25) is 9.11 Å². The molecule has 0 aliphatic rings. The largest absolute Gasteiger partial charge is 0.338 e. The zero-order valence-corrected chi connectivity index (χ0v) is 18.6. The lowest BCUT2D eigenvalue weighted by Crippen LogP contribution is -1.99. The van der Waals surface area contributed by atoms with E-state index in [2.05, 4.69) is 35.5 Å². The van der Waals surface area contributed by atoms with Gasteiger partial charge in [0.15, 0.2) is 0 Å². The standard InChI is InChI=1S/C11H16N4.2C3H6O3S/c1-8-12-10(6-14(8)3)5-11-7-15(4)9(2)13-11;2*1-2-3-7(4,5)6/h6-7H,5H2,1-4H3;2*2H,1,3H2,(H,4,5,6). The van der Waals surface area contributed by atoms with E-state index < -0.39 is 20.2 Å². The van der Waals surface area contributed by atoms with Crippen molar-refractivity contribution in [1.82, 2.24) is 19.1 Å². The van der Waals surface area contributed by atoms with Crippen LogP contribution in [-0.2, 0) is 40.8 Å². The van der Waals surface area contributed by atoms with Gasteiger partial charge in [-0.25, -0.2) is 9.97 Å². The monoisotopic (exact) mass is 448 g/mol. The maximum Gasteiger partial charge on any atom is 0.268 e. The third kappa shape index (κ3) is 12.7. The van der Waals surface area contributed by atoms with Crippen LogP contribution in [0, 0.1) is 13.8 Å². The van der Waals surface area contributed by atoms with Crippen molar-refractivity contribution in [2.24, 2.45) is 14.1 Å². The number of rotatable bonds is 6. The lowest BCUT2D eigenvalue weighted by atomic mass is 10.3. The van der Waals surface area contributed by atoms with Crippen molar-refractivity contribution in [3.8, 4) is 0 Å². The fraction of sp³-hybridized carbons (Fsp3) is 0.412. The summed E-state index contributed by atoms with van der Waals surface area (Å²) in [5, 5.41) is 0. The molecule has 29 heavy (non-hydrogen) atoms. The predicted octanol–water partition coefficient (Wildman–Crippen LogP) is 1.48. The highest BCUT2D eigenvalue weighted by Gasteiger charge is 2.06. The topological polar surface area (TPSA) is 144 Å². The number of aromatic nitrogens is 4. The molecule has 0 aliphatic heterocycles. The van der Waals surface area contributed by atoms with Gasteiger partial charge in [0, 0.05) is 32.9 Å². The molecule has 10 nitrogen and oxygen atoms in total. The molecule has 0 saturated heterocycles. The molecule has 2 rings (SSSR count). The Labute approximate surface area is 172 Å². The molecule has 0 fully saturated rings. The molecule has 0 amide bonds. The van der Waals surface area contributed by atoms with Crippen molar-refractivity contribution in [2.75, 3.05) is 11.5 Å². The van der Waals surface area contributed by atoms with Crippen LogP contribution in [0.2, 0.25) is 0 Å². The minimum atomic E-state index is -3.79. The van der Waals surface area contributed by atoms with E-state index in [-0.39, 0.29) is 11.5 Å². The van der Waals surface area contributed by atoms with E-state index in [1.165, 1.54) is 0 Å². The maximum absolute atomic E-state index is 9.72. The second-order valence-electron chi connectivity index (χ2n) is 6.03. The van der Waals surface area contributed by atoms with E-state index in [0.717, 1.165) is 41.6 Å². The molecule has 164 valence electrons. The van der Waals surface area contributed by atoms with Crippen molar-refractivity contribution in [1.29, 1.82) is 0 Å². The van der Waals surface area contributed by atoms with Crippen molar-refractivity contribution in [3.05, 3.63) is 60.7 Å². The molecule has 2 aromatic heterocycles. The Morgan fingerprint density at radius 1 is 0.862 bits per heavy atom. The molecule has 0 aliphatic carbocycles. The molecule has 0 unspecified atom stereocenters. The lowest BCUT2D eigenvalue weighted by molar-refractivity contribution is 0.484.